The summed E-state index contributed by atoms with van der Waals surface area (Å²) in [6.07, 6.45) is 0. The SMILES string of the molecule is Clc1ccc(C2(c3ccc4c(c3)C(c3cccc(Cl)c3)n3nnnc3N4)OCCO2)cc1. The van der Waals surface area contributed by atoms with Gasteiger partial charge in [-0.15, -0.1) is 0 Å². The number of aromatic nitrogens is 4. The van der Waals surface area contributed by atoms with Crippen molar-refractivity contribution in [2.45, 2.75) is 11.8 Å². The molecule has 0 bridgehead atoms. The average Bonchev–Trinajstić information content (AvgIpc) is 3.48. The van der Waals surface area contributed by atoms with E-state index in [1.165, 1.54) is 0 Å². The number of anilines is 2. The molecule has 9 heteroatoms. The molecule has 2 aliphatic rings. The van der Waals surface area contributed by atoms with Crippen molar-refractivity contribution in [2.75, 3.05) is 18.5 Å². The number of halogens is 2. The van der Waals surface area contributed by atoms with Gasteiger partial charge in [-0.2, -0.15) is 4.68 Å². The van der Waals surface area contributed by atoms with E-state index in [-0.39, 0.29) is 6.04 Å². The van der Waals surface area contributed by atoms with E-state index in [1.807, 2.05) is 60.7 Å². The van der Waals surface area contributed by atoms with Crippen LogP contribution in [0.15, 0.2) is 66.7 Å². The van der Waals surface area contributed by atoms with E-state index in [9.17, 15) is 0 Å². The molecule has 7 nitrogen and oxygen atoms in total. The lowest BCUT2D eigenvalue weighted by atomic mass is 9.90. The van der Waals surface area contributed by atoms with E-state index in [1.54, 1.807) is 4.68 Å². The van der Waals surface area contributed by atoms with Crippen LogP contribution in [0, 0.1) is 0 Å². The molecule has 3 heterocycles. The Hall–Kier alpha value is -2.97. The van der Waals surface area contributed by atoms with Crippen LogP contribution in [0.3, 0.4) is 0 Å². The van der Waals surface area contributed by atoms with Crippen LogP contribution in [0.1, 0.15) is 28.3 Å². The van der Waals surface area contributed by atoms with Gasteiger partial charge in [0.2, 0.25) is 11.7 Å². The topological polar surface area (TPSA) is 74.1 Å². The van der Waals surface area contributed by atoms with Gasteiger partial charge in [-0.3, -0.25) is 0 Å². The fourth-order valence-electron chi connectivity index (χ4n) is 4.39. The fourth-order valence-corrected chi connectivity index (χ4v) is 4.71. The minimum atomic E-state index is -1.01. The van der Waals surface area contributed by atoms with Crippen molar-refractivity contribution in [2.24, 2.45) is 0 Å². The van der Waals surface area contributed by atoms with Crippen molar-refractivity contribution >= 4 is 34.8 Å². The van der Waals surface area contributed by atoms with E-state index in [0.29, 0.717) is 29.2 Å². The Morgan fingerprint density at radius 1 is 0.906 bits per heavy atom. The molecule has 4 aromatic rings. The van der Waals surface area contributed by atoms with Crippen LogP contribution in [-0.4, -0.2) is 33.4 Å². The molecule has 0 spiro atoms. The second-order valence-corrected chi connectivity index (χ2v) is 8.52. The highest BCUT2D eigenvalue weighted by atomic mass is 35.5. The van der Waals surface area contributed by atoms with E-state index >= 15 is 0 Å². The first kappa shape index (κ1) is 19.7. The van der Waals surface area contributed by atoms with Gasteiger partial charge in [0.05, 0.1) is 13.2 Å². The number of hydrogen-bond donors (Lipinski definition) is 1. The quantitative estimate of drug-likeness (QED) is 0.407. The van der Waals surface area contributed by atoms with Gasteiger partial charge in [0, 0.05) is 32.4 Å². The van der Waals surface area contributed by atoms with E-state index in [0.717, 1.165) is 27.9 Å². The van der Waals surface area contributed by atoms with Gasteiger partial charge in [-0.25, -0.2) is 0 Å². The number of benzene rings is 3. The number of ether oxygens (including phenoxy) is 2. The number of hydrogen-bond acceptors (Lipinski definition) is 6. The molecule has 1 aromatic heterocycles. The second kappa shape index (κ2) is 7.56. The van der Waals surface area contributed by atoms with Crippen molar-refractivity contribution in [1.82, 2.24) is 20.2 Å². The molecule has 1 fully saturated rings. The molecule has 32 heavy (non-hydrogen) atoms. The lowest BCUT2D eigenvalue weighted by Crippen LogP contribution is -2.30. The van der Waals surface area contributed by atoms with Gasteiger partial charge in [0.1, 0.15) is 6.04 Å². The molecular weight excluding hydrogens is 449 g/mol. The van der Waals surface area contributed by atoms with Crippen LogP contribution < -0.4 is 5.32 Å². The Morgan fingerprint density at radius 3 is 2.47 bits per heavy atom. The standard InChI is InChI=1S/C23H17Cl2N5O2/c24-17-7-4-15(5-8-17)23(31-10-11-32-23)16-6-9-20-19(13-16)21(14-2-1-3-18(25)12-14)30-22(26-20)27-28-29-30/h1-9,12-13,21H,10-11H2,(H,26,27,29). The summed E-state index contributed by atoms with van der Waals surface area (Å²) in [5.74, 6) is -0.449. The molecule has 0 radical (unpaired) electrons. The Kier molecular flexibility index (Phi) is 4.66. The Balaban J connectivity index is 1.53. The first-order valence-electron chi connectivity index (χ1n) is 10.1. The van der Waals surface area contributed by atoms with Gasteiger partial charge in [0.25, 0.3) is 0 Å². The van der Waals surface area contributed by atoms with Gasteiger partial charge >= 0.3 is 0 Å². The number of tetrazole rings is 1. The molecule has 1 atom stereocenters. The van der Waals surface area contributed by atoms with Gasteiger partial charge in [-0.1, -0.05) is 58.6 Å². The van der Waals surface area contributed by atoms with Crippen LogP contribution in [0.25, 0.3) is 0 Å². The van der Waals surface area contributed by atoms with E-state index in [4.69, 9.17) is 32.7 Å². The van der Waals surface area contributed by atoms with Crippen molar-refractivity contribution in [3.63, 3.8) is 0 Å². The fraction of sp³-hybridized carbons (Fsp3) is 0.174. The average molecular weight is 466 g/mol. The van der Waals surface area contributed by atoms with Gasteiger partial charge in [-0.05, 0) is 52.4 Å². The monoisotopic (exact) mass is 465 g/mol. The largest absolute Gasteiger partial charge is 0.340 e. The summed E-state index contributed by atoms with van der Waals surface area (Å²) in [7, 11) is 0. The summed E-state index contributed by atoms with van der Waals surface area (Å²) in [6.45, 7) is 0.986. The molecular formula is C23H17Cl2N5O2. The number of fused-ring (bicyclic) bond motifs is 2. The Labute approximate surface area is 193 Å². The Morgan fingerprint density at radius 2 is 1.69 bits per heavy atom. The van der Waals surface area contributed by atoms with Crippen molar-refractivity contribution in [3.8, 4) is 0 Å². The predicted molar refractivity (Wildman–Crippen MR) is 120 cm³/mol. The first-order valence-corrected chi connectivity index (χ1v) is 10.9. The maximum Gasteiger partial charge on any atom is 0.248 e. The summed E-state index contributed by atoms with van der Waals surface area (Å²) in [4.78, 5) is 0. The third kappa shape index (κ3) is 3.09. The summed E-state index contributed by atoms with van der Waals surface area (Å²) < 4.78 is 14.2. The van der Waals surface area contributed by atoms with Gasteiger partial charge in [0.15, 0.2) is 0 Å². The van der Waals surface area contributed by atoms with Crippen LogP contribution in [0.5, 0.6) is 0 Å². The summed E-state index contributed by atoms with van der Waals surface area (Å²) >= 11 is 12.4. The zero-order valence-electron chi connectivity index (χ0n) is 16.7. The summed E-state index contributed by atoms with van der Waals surface area (Å²) in [5.41, 5.74) is 4.62. The normalized spacial score (nSPS) is 18.6. The van der Waals surface area contributed by atoms with Crippen LogP contribution >= 0.6 is 23.2 Å². The maximum atomic E-state index is 6.31. The lowest BCUT2D eigenvalue weighted by molar-refractivity contribution is -0.129. The molecule has 6 rings (SSSR count). The van der Waals surface area contributed by atoms with E-state index in [2.05, 4.69) is 26.9 Å². The number of nitrogens with zero attached hydrogens (tertiary/aromatic N) is 4. The third-order valence-corrected chi connectivity index (χ3v) is 6.28. The van der Waals surface area contributed by atoms with Crippen molar-refractivity contribution in [1.29, 1.82) is 0 Å². The number of rotatable bonds is 3. The molecule has 2 aliphatic heterocycles. The summed E-state index contributed by atoms with van der Waals surface area (Å²) in [5, 5.41) is 16.8. The number of nitrogens with one attached hydrogen (secondary N) is 1. The highest BCUT2D eigenvalue weighted by Crippen LogP contribution is 2.44. The smallest absolute Gasteiger partial charge is 0.248 e. The predicted octanol–water partition coefficient (Wildman–Crippen LogP) is 4.92. The molecule has 1 N–H and O–H groups in total. The molecule has 0 amide bonds. The first-order chi connectivity index (χ1) is 15.6. The summed E-state index contributed by atoms with van der Waals surface area (Å²) in [6, 6.07) is 21.1. The molecule has 0 aliphatic carbocycles. The van der Waals surface area contributed by atoms with Crippen molar-refractivity contribution < 1.29 is 9.47 Å². The van der Waals surface area contributed by atoms with Crippen LogP contribution in [-0.2, 0) is 15.3 Å². The van der Waals surface area contributed by atoms with Crippen LogP contribution in [0.4, 0.5) is 11.6 Å². The zero-order chi connectivity index (χ0) is 21.7. The van der Waals surface area contributed by atoms with Crippen molar-refractivity contribution in [3.05, 3.63) is 99.0 Å². The Bertz CT molecular complexity index is 1300. The molecule has 1 unspecified atom stereocenters. The second-order valence-electron chi connectivity index (χ2n) is 7.65. The molecule has 0 saturated carbocycles. The highest BCUT2D eigenvalue weighted by Gasteiger charge is 2.42. The maximum absolute atomic E-state index is 6.31. The highest BCUT2D eigenvalue weighted by molar-refractivity contribution is 6.30. The van der Waals surface area contributed by atoms with E-state index < -0.39 is 5.79 Å². The lowest BCUT2D eigenvalue weighted by Gasteiger charge is -2.32. The zero-order valence-corrected chi connectivity index (χ0v) is 18.2. The minimum Gasteiger partial charge on any atom is -0.340 e. The molecule has 160 valence electrons. The van der Waals surface area contributed by atoms with Crippen LogP contribution in [0.2, 0.25) is 10.0 Å². The molecule has 3 aromatic carbocycles. The van der Waals surface area contributed by atoms with Gasteiger partial charge < -0.3 is 14.8 Å². The molecule has 1 saturated heterocycles. The third-order valence-electron chi connectivity index (χ3n) is 5.79. The minimum absolute atomic E-state index is 0.265.